The van der Waals surface area contributed by atoms with Gasteiger partial charge in [-0.2, -0.15) is 0 Å². The highest BCUT2D eigenvalue weighted by Gasteiger charge is 2.19. The van der Waals surface area contributed by atoms with Gasteiger partial charge in [-0.15, -0.1) is 0 Å². The number of rotatable bonds is 3. The molecule has 3 nitrogen and oxygen atoms in total. The number of hydrogen-bond acceptors (Lipinski definition) is 3. The number of hydrogen-bond donors (Lipinski definition) is 0. The Labute approximate surface area is 124 Å². The van der Waals surface area contributed by atoms with Crippen LogP contribution in [0.5, 0.6) is 0 Å². The van der Waals surface area contributed by atoms with Gasteiger partial charge in [-0.3, -0.25) is 4.79 Å². The maximum absolute atomic E-state index is 12.6. The minimum Gasteiger partial charge on any atom is -0.346 e. The third kappa shape index (κ3) is 2.89. The summed E-state index contributed by atoms with van der Waals surface area (Å²) in [6, 6.07) is 13.4. The Morgan fingerprint density at radius 2 is 1.67 bits per heavy atom. The first-order chi connectivity index (χ1) is 10.1. The Bertz CT molecular complexity index is 653. The molecule has 0 bridgehead atoms. The SMILES string of the molecule is Cc1ccc(C)c(C(=O)c2ccc(C3OCCO3)cc2)c1. The fourth-order valence-corrected chi connectivity index (χ4v) is 2.48. The van der Waals surface area contributed by atoms with Crippen LogP contribution in [0.15, 0.2) is 42.5 Å². The highest BCUT2D eigenvalue weighted by molar-refractivity contribution is 6.10. The molecule has 0 radical (unpaired) electrons. The van der Waals surface area contributed by atoms with E-state index in [1.54, 1.807) is 0 Å². The highest BCUT2D eigenvalue weighted by Crippen LogP contribution is 2.24. The van der Waals surface area contributed by atoms with Crippen molar-refractivity contribution >= 4 is 5.78 Å². The van der Waals surface area contributed by atoms with Crippen LogP contribution in [0.2, 0.25) is 0 Å². The first-order valence-corrected chi connectivity index (χ1v) is 7.10. The molecule has 3 rings (SSSR count). The van der Waals surface area contributed by atoms with Gasteiger partial charge in [-0.1, -0.05) is 42.0 Å². The lowest BCUT2D eigenvalue weighted by Crippen LogP contribution is -2.05. The van der Waals surface area contributed by atoms with Crippen molar-refractivity contribution in [2.75, 3.05) is 13.2 Å². The van der Waals surface area contributed by atoms with E-state index in [9.17, 15) is 4.79 Å². The molecule has 1 aliphatic rings. The quantitative estimate of drug-likeness (QED) is 0.807. The molecule has 0 aliphatic carbocycles. The van der Waals surface area contributed by atoms with Gasteiger partial charge < -0.3 is 9.47 Å². The van der Waals surface area contributed by atoms with Crippen molar-refractivity contribution in [1.82, 2.24) is 0 Å². The van der Waals surface area contributed by atoms with Crippen LogP contribution in [0.4, 0.5) is 0 Å². The van der Waals surface area contributed by atoms with E-state index in [-0.39, 0.29) is 12.1 Å². The second-order valence-corrected chi connectivity index (χ2v) is 5.34. The van der Waals surface area contributed by atoms with Gasteiger partial charge in [-0.25, -0.2) is 0 Å². The molecule has 0 saturated carbocycles. The van der Waals surface area contributed by atoms with Crippen LogP contribution in [-0.4, -0.2) is 19.0 Å². The van der Waals surface area contributed by atoms with Gasteiger partial charge in [-0.05, 0) is 25.5 Å². The minimum absolute atomic E-state index is 0.0519. The summed E-state index contributed by atoms with van der Waals surface area (Å²) < 4.78 is 10.9. The van der Waals surface area contributed by atoms with E-state index in [4.69, 9.17) is 9.47 Å². The van der Waals surface area contributed by atoms with Crippen molar-refractivity contribution in [2.24, 2.45) is 0 Å². The molecule has 1 aliphatic heterocycles. The van der Waals surface area contributed by atoms with Crippen molar-refractivity contribution in [1.29, 1.82) is 0 Å². The predicted molar refractivity (Wildman–Crippen MR) is 80.4 cm³/mol. The molecular formula is C18H18O3. The van der Waals surface area contributed by atoms with E-state index >= 15 is 0 Å². The van der Waals surface area contributed by atoms with Crippen molar-refractivity contribution in [2.45, 2.75) is 20.1 Å². The Balaban J connectivity index is 1.86. The van der Waals surface area contributed by atoms with Gasteiger partial charge in [0.2, 0.25) is 0 Å². The maximum Gasteiger partial charge on any atom is 0.193 e. The summed E-state index contributed by atoms with van der Waals surface area (Å²) in [6.45, 7) is 5.19. The smallest absolute Gasteiger partial charge is 0.193 e. The summed E-state index contributed by atoms with van der Waals surface area (Å²) in [7, 11) is 0. The van der Waals surface area contributed by atoms with E-state index in [1.807, 2.05) is 56.3 Å². The molecule has 108 valence electrons. The summed E-state index contributed by atoms with van der Waals surface area (Å²) in [5, 5.41) is 0. The van der Waals surface area contributed by atoms with Crippen molar-refractivity contribution in [3.8, 4) is 0 Å². The average Bonchev–Trinajstić information content (AvgIpc) is 3.03. The Kier molecular flexibility index (Phi) is 3.86. The average molecular weight is 282 g/mol. The van der Waals surface area contributed by atoms with E-state index in [2.05, 4.69) is 0 Å². The Morgan fingerprint density at radius 3 is 2.33 bits per heavy atom. The number of aryl methyl sites for hydroxylation is 2. The topological polar surface area (TPSA) is 35.5 Å². The third-order valence-corrected chi connectivity index (χ3v) is 3.70. The molecule has 0 spiro atoms. The minimum atomic E-state index is -0.296. The van der Waals surface area contributed by atoms with Gasteiger partial charge in [0.25, 0.3) is 0 Å². The number of ketones is 1. The second kappa shape index (κ2) is 5.80. The zero-order valence-electron chi connectivity index (χ0n) is 12.3. The molecule has 3 heteroatoms. The van der Waals surface area contributed by atoms with Crippen LogP contribution in [0.1, 0.15) is 38.9 Å². The summed E-state index contributed by atoms with van der Waals surface area (Å²) in [4.78, 5) is 12.6. The molecule has 1 saturated heterocycles. The molecule has 2 aromatic rings. The van der Waals surface area contributed by atoms with Crippen LogP contribution in [0.3, 0.4) is 0 Å². The lowest BCUT2D eigenvalue weighted by molar-refractivity contribution is -0.0441. The largest absolute Gasteiger partial charge is 0.346 e. The highest BCUT2D eigenvalue weighted by atomic mass is 16.7. The lowest BCUT2D eigenvalue weighted by atomic mass is 9.97. The third-order valence-electron chi connectivity index (χ3n) is 3.70. The van der Waals surface area contributed by atoms with Crippen LogP contribution in [0.25, 0.3) is 0 Å². The first-order valence-electron chi connectivity index (χ1n) is 7.10. The lowest BCUT2D eigenvalue weighted by Gasteiger charge is -2.10. The fourth-order valence-electron chi connectivity index (χ4n) is 2.48. The van der Waals surface area contributed by atoms with Crippen LogP contribution in [0, 0.1) is 13.8 Å². The summed E-state index contributed by atoms with van der Waals surface area (Å²) in [5.41, 5.74) is 4.48. The van der Waals surface area contributed by atoms with Gasteiger partial charge in [0.1, 0.15) is 0 Å². The van der Waals surface area contributed by atoms with Gasteiger partial charge in [0.05, 0.1) is 13.2 Å². The van der Waals surface area contributed by atoms with Gasteiger partial charge >= 0.3 is 0 Å². The van der Waals surface area contributed by atoms with E-state index in [0.29, 0.717) is 18.8 Å². The van der Waals surface area contributed by atoms with Crippen LogP contribution < -0.4 is 0 Å². The molecular weight excluding hydrogens is 264 g/mol. The Hall–Kier alpha value is -1.97. The predicted octanol–water partition coefficient (Wildman–Crippen LogP) is 3.58. The van der Waals surface area contributed by atoms with E-state index in [0.717, 1.165) is 22.3 Å². The van der Waals surface area contributed by atoms with Crippen molar-refractivity contribution in [3.05, 3.63) is 70.3 Å². The summed E-state index contributed by atoms with van der Waals surface area (Å²) >= 11 is 0. The fraction of sp³-hybridized carbons (Fsp3) is 0.278. The zero-order chi connectivity index (χ0) is 14.8. The molecule has 0 unspecified atom stereocenters. The maximum atomic E-state index is 12.6. The van der Waals surface area contributed by atoms with Gasteiger partial charge in [0.15, 0.2) is 12.1 Å². The summed E-state index contributed by atoms with van der Waals surface area (Å²) in [5.74, 6) is 0.0519. The number of benzene rings is 2. The molecule has 0 N–H and O–H groups in total. The van der Waals surface area contributed by atoms with Gasteiger partial charge in [0, 0.05) is 16.7 Å². The van der Waals surface area contributed by atoms with E-state index < -0.39 is 0 Å². The number of ether oxygens (including phenoxy) is 2. The molecule has 0 amide bonds. The second-order valence-electron chi connectivity index (χ2n) is 5.34. The standard InChI is InChI=1S/C18H18O3/c1-12-3-4-13(2)16(11-12)17(19)14-5-7-15(8-6-14)18-20-9-10-21-18/h3-8,11,18H,9-10H2,1-2H3. The molecule has 1 heterocycles. The summed E-state index contributed by atoms with van der Waals surface area (Å²) in [6.07, 6.45) is -0.296. The van der Waals surface area contributed by atoms with Crippen molar-refractivity contribution in [3.63, 3.8) is 0 Å². The Morgan fingerprint density at radius 1 is 1.00 bits per heavy atom. The number of carbonyl (C=O) groups is 1. The number of carbonyl (C=O) groups excluding carboxylic acids is 1. The monoisotopic (exact) mass is 282 g/mol. The first kappa shape index (κ1) is 14.0. The normalized spacial score (nSPS) is 15.3. The molecule has 0 aromatic heterocycles. The molecule has 1 fully saturated rings. The molecule has 21 heavy (non-hydrogen) atoms. The van der Waals surface area contributed by atoms with E-state index in [1.165, 1.54) is 0 Å². The molecule has 0 atom stereocenters. The molecule has 2 aromatic carbocycles. The van der Waals surface area contributed by atoms with Crippen molar-refractivity contribution < 1.29 is 14.3 Å². The van der Waals surface area contributed by atoms with Crippen LogP contribution in [-0.2, 0) is 9.47 Å². The zero-order valence-corrected chi connectivity index (χ0v) is 12.3. The van der Waals surface area contributed by atoms with Crippen LogP contribution >= 0.6 is 0 Å².